The minimum Gasteiger partial charge on any atom is -0.472 e. The van der Waals surface area contributed by atoms with Crippen molar-refractivity contribution in [3.8, 4) is 17.7 Å². The van der Waals surface area contributed by atoms with Crippen molar-refractivity contribution < 1.29 is 27.4 Å². The summed E-state index contributed by atoms with van der Waals surface area (Å²) in [5, 5.41) is 9.81. The predicted molar refractivity (Wildman–Crippen MR) is 137 cm³/mol. The Balaban J connectivity index is 1.96. The first kappa shape index (κ1) is 28.5. The molecular formula is C26H33FN4O5S. The van der Waals surface area contributed by atoms with Gasteiger partial charge in [-0.2, -0.15) is 4.31 Å². The molecule has 2 heterocycles. The van der Waals surface area contributed by atoms with Crippen LogP contribution >= 0.6 is 0 Å². The number of amides is 1. The lowest BCUT2D eigenvalue weighted by Crippen LogP contribution is -2.50. The number of fused-ring (bicyclic) bond motifs is 1. The van der Waals surface area contributed by atoms with E-state index in [1.807, 2.05) is 25.9 Å². The smallest absolute Gasteiger partial charge is 0.259 e. The van der Waals surface area contributed by atoms with E-state index in [0.717, 1.165) is 16.4 Å². The monoisotopic (exact) mass is 532 g/mol. The molecule has 1 aliphatic heterocycles. The fraction of sp³-hybridized carbons (Fsp3) is 0.462. The van der Waals surface area contributed by atoms with Crippen LogP contribution in [0.3, 0.4) is 0 Å². The minimum absolute atomic E-state index is 0.0398. The lowest BCUT2D eigenvalue weighted by molar-refractivity contribution is 0.0373. The number of halogens is 1. The van der Waals surface area contributed by atoms with Gasteiger partial charge in [-0.3, -0.25) is 9.69 Å². The summed E-state index contributed by atoms with van der Waals surface area (Å²) < 4.78 is 46.8. The van der Waals surface area contributed by atoms with Gasteiger partial charge >= 0.3 is 0 Å². The third kappa shape index (κ3) is 6.84. The molecule has 9 nitrogen and oxygen atoms in total. The van der Waals surface area contributed by atoms with Crippen molar-refractivity contribution in [2.75, 3.05) is 47.4 Å². The molecule has 0 saturated heterocycles. The molecule has 0 fully saturated rings. The lowest BCUT2D eigenvalue weighted by atomic mass is 10.0. The van der Waals surface area contributed by atoms with E-state index in [0.29, 0.717) is 12.1 Å². The number of likely N-dealkylation sites (N-methyl/N-ethyl adjacent to an activating group) is 1. The van der Waals surface area contributed by atoms with Crippen LogP contribution in [0.1, 0.15) is 29.8 Å². The number of rotatable bonds is 7. The normalized spacial score (nSPS) is 18.9. The van der Waals surface area contributed by atoms with Gasteiger partial charge in [0.2, 0.25) is 15.9 Å². The summed E-state index contributed by atoms with van der Waals surface area (Å²) in [7, 11) is 1.29. The maximum absolute atomic E-state index is 13.5. The van der Waals surface area contributed by atoms with E-state index >= 15 is 0 Å². The molecule has 200 valence electrons. The van der Waals surface area contributed by atoms with Gasteiger partial charge in [0.25, 0.3) is 5.91 Å². The van der Waals surface area contributed by atoms with E-state index in [4.69, 9.17) is 4.74 Å². The van der Waals surface area contributed by atoms with Crippen LogP contribution in [0, 0.1) is 23.6 Å². The fourth-order valence-corrected chi connectivity index (χ4v) is 5.01. The van der Waals surface area contributed by atoms with Gasteiger partial charge in [-0.1, -0.05) is 18.8 Å². The molecule has 0 saturated carbocycles. The molecule has 0 bridgehead atoms. The van der Waals surface area contributed by atoms with Crippen LogP contribution in [0.4, 0.5) is 4.39 Å². The number of aliphatic hydroxyl groups excluding tert-OH is 1. The van der Waals surface area contributed by atoms with E-state index in [1.165, 1.54) is 25.4 Å². The van der Waals surface area contributed by atoms with Crippen molar-refractivity contribution in [1.82, 2.24) is 19.1 Å². The first-order valence-electron chi connectivity index (χ1n) is 11.9. The van der Waals surface area contributed by atoms with Gasteiger partial charge in [0.15, 0.2) is 0 Å². The second kappa shape index (κ2) is 12.0. The Morgan fingerprint density at radius 3 is 2.57 bits per heavy atom. The molecule has 3 rings (SSSR count). The van der Waals surface area contributed by atoms with Crippen LogP contribution in [0.2, 0.25) is 0 Å². The maximum atomic E-state index is 13.5. The predicted octanol–water partition coefficient (Wildman–Crippen LogP) is 1.67. The van der Waals surface area contributed by atoms with Gasteiger partial charge in [-0.15, -0.1) is 0 Å². The summed E-state index contributed by atoms with van der Waals surface area (Å²) >= 11 is 0. The first-order valence-corrected chi connectivity index (χ1v) is 13.3. The number of ether oxygens (including phenoxy) is 1. The summed E-state index contributed by atoms with van der Waals surface area (Å²) in [6.45, 7) is 4.06. The highest BCUT2D eigenvalue weighted by Gasteiger charge is 2.35. The molecule has 0 unspecified atom stereocenters. The zero-order valence-corrected chi connectivity index (χ0v) is 22.5. The first-order chi connectivity index (χ1) is 17.4. The van der Waals surface area contributed by atoms with Gasteiger partial charge in [-0.25, -0.2) is 17.8 Å². The number of aliphatic hydroxyl groups is 1. The quantitative estimate of drug-likeness (QED) is 0.541. The maximum Gasteiger partial charge on any atom is 0.259 e. The largest absolute Gasteiger partial charge is 0.472 e. The molecule has 37 heavy (non-hydrogen) atoms. The second-order valence-electron chi connectivity index (χ2n) is 9.48. The number of hydrogen-bond acceptors (Lipinski definition) is 7. The summed E-state index contributed by atoms with van der Waals surface area (Å²) in [5.74, 6) is 4.88. The number of nitrogens with zero attached hydrogens (tertiary/aromatic N) is 4. The molecule has 1 aromatic heterocycles. The Morgan fingerprint density at radius 2 is 1.95 bits per heavy atom. The number of carbonyl (C=O) groups is 1. The Kier molecular flexibility index (Phi) is 9.26. The summed E-state index contributed by atoms with van der Waals surface area (Å²) in [5.41, 5.74) is 0.730. The second-order valence-corrected chi connectivity index (χ2v) is 11.5. The highest BCUT2D eigenvalue weighted by atomic mass is 32.2. The topological polar surface area (TPSA) is 103 Å². The van der Waals surface area contributed by atoms with E-state index in [2.05, 4.69) is 16.8 Å². The zero-order chi connectivity index (χ0) is 27.3. The van der Waals surface area contributed by atoms with Gasteiger partial charge in [0.1, 0.15) is 17.5 Å². The average Bonchev–Trinajstić information content (AvgIpc) is 2.85. The molecular weight excluding hydrogens is 499 g/mol. The number of carbonyl (C=O) groups excluding carboxylic acids is 1. The number of hydrogen-bond donors (Lipinski definition) is 1. The van der Waals surface area contributed by atoms with Crippen molar-refractivity contribution in [2.45, 2.75) is 30.9 Å². The van der Waals surface area contributed by atoms with Crippen molar-refractivity contribution >= 4 is 15.9 Å². The Morgan fingerprint density at radius 1 is 1.27 bits per heavy atom. The average molecular weight is 533 g/mol. The number of aromatic nitrogens is 1. The zero-order valence-electron chi connectivity index (χ0n) is 21.7. The summed E-state index contributed by atoms with van der Waals surface area (Å²) in [6.07, 6.45) is 0.843. The van der Waals surface area contributed by atoms with Crippen LogP contribution in [-0.4, -0.2) is 98.1 Å². The number of pyridine rings is 1. The van der Waals surface area contributed by atoms with E-state index in [1.54, 1.807) is 17.9 Å². The molecule has 1 aromatic carbocycles. The highest BCUT2D eigenvalue weighted by molar-refractivity contribution is 7.89. The van der Waals surface area contributed by atoms with E-state index in [9.17, 15) is 22.7 Å². The molecule has 1 N–H and O–H groups in total. The Hall–Kier alpha value is -3.04. The van der Waals surface area contributed by atoms with Crippen molar-refractivity contribution in [3.63, 3.8) is 0 Å². The van der Waals surface area contributed by atoms with Gasteiger partial charge in [0, 0.05) is 31.3 Å². The van der Waals surface area contributed by atoms with E-state index < -0.39 is 28.0 Å². The molecule has 2 aromatic rings. The lowest BCUT2D eigenvalue weighted by Gasteiger charge is -2.37. The summed E-state index contributed by atoms with van der Waals surface area (Å²) in [4.78, 5) is 21.2. The Bertz CT molecular complexity index is 1270. The number of benzene rings is 1. The van der Waals surface area contributed by atoms with Gasteiger partial charge < -0.3 is 14.7 Å². The van der Waals surface area contributed by atoms with Crippen LogP contribution in [0.15, 0.2) is 41.4 Å². The van der Waals surface area contributed by atoms with Gasteiger partial charge in [0.05, 0.1) is 30.6 Å². The van der Waals surface area contributed by atoms with Crippen molar-refractivity contribution in [1.29, 1.82) is 0 Å². The molecule has 3 atom stereocenters. The van der Waals surface area contributed by atoms with Crippen molar-refractivity contribution in [2.24, 2.45) is 5.92 Å². The van der Waals surface area contributed by atoms with E-state index in [-0.39, 0.29) is 47.9 Å². The minimum atomic E-state index is -3.92. The molecule has 0 radical (unpaired) electrons. The third-order valence-electron chi connectivity index (χ3n) is 6.11. The molecule has 0 spiro atoms. The highest BCUT2D eigenvalue weighted by Crippen LogP contribution is 2.28. The molecule has 11 heteroatoms. The fourth-order valence-electron chi connectivity index (χ4n) is 3.83. The Labute approximate surface area is 217 Å². The van der Waals surface area contributed by atoms with Crippen LogP contribution in [0.5, 0.6) is 5.88 Å². The van der Waals surface area contributed by atoms with Crippen LogP contribution < -0.4 is 4.74 Å². The van der Waals surface area contributed by atoms with Gasteiger partial charge in [-0.05, 0) is 51.4 Å². The molecule has 1 amide bonds. The summed E-state index contributed by atoms with van der Waals surface area (Å²) in [6, 6.07) is 5.73. The standard InChI is InChI=1S/C26H33FN4O5S/c1-18-15-31(19(2)17-32)26(33)23-13-20(7-6-12-29(3)4)14-28-25(23)36-24(18)16-30(5)37(34,35)22-10-8-21(27)9-11-22/h8-11,13-14,18-19,24,32H,12,15-17H2,1-5H3/t18-,19+,24-/m0/s1. The van der Waals surface area contributed by atoms with Crippen molar-refractivity contribution in [3.05, 3.63) is 53.5 Å². The van der Waals surface area contributed by atoms with Crippen LogP contribution in [-0.2, 0) is 10.0 Å². The SMILES string of the molecule is C[C@H](CO)N1C[C@H](C)[C@H](CN(C)S(=O)(=O)c2ccc(F)cc2)Oc2ncc(C#CCN(C)C)cc2C1=O. The number of sulfonamides is 1. The van der Waals surface area contributed by atoms with Crippen LogP contribution in [0.25, 0.3) is 0 Å². The molecule has 1 aliphatic rings. The third-order valence-corrected chi connectivity index (χ3v) is 7.95. The molecule has 0 aliphatic carbocycles.